The van der Waals surface area contributed by atoms with Crippen molar-refractivity contribution in [2.24, 2.45) is 11.1 Å². The van der Waals surface area contributed by atoms with Gasteiger partial charge in [-0.2, -0.15) is 0 Å². The molecular weight excluding hydrogens is 343 g/mol. The minimum Gasteiger partial charge on any atom is -0.392 e. The summed E-state index contributed by atoms with van der Waals surface area (Å²) in [5.41, 5.74) is 7.25. The molecule has 146 valence electrons. The third kappa shape index (κ3) is 5.07. The highest BCUT2D eigenvalue weighted by Crippen LogP contribution is 2.27. The molecular formula is C22H29FN2O2. The van der Waals surface area contributed by atoms with E-state index >= 15 is 0 Å². The molecule has 2 rings (SSSR count). The van der Waals surface area contributed by atoms with Crippen molar-refractivity contribution in [1.82, 2.24) is 0 Å². The first-order valence-electron chi connectivity index (χ1n) is 9.05. The molecule has 0 heterocycles. The van der Waals surface area contributed by atoms with Gasteiger partial charge in [-0.1, -0.05) is 39.0 Å². The Balaban J connectivity index is 2.12. The van der Waals surface area contributed by atoms with Crippen LogP contribution in [0.25, 0.3) is 0 Å². The Hall–Kier alpha value is -2.40. The second-order valence-electron chi connectivity index (χ2n) is 8.57. The van der Waals surface area contributed by atoms with Crippen molar-refractivity contribution in [3.63, 3.8) is 0 Å². The van der Waals surface area contributed by atoms with Gasteiger partial charge in [0, 0.05) is 5.69 Å². The second-order valence-corrected chi connectivity index (χ2v) is 8.57. The minimum atomic E-state index is -1.08. The Labute approximate surface area is 160 Å². The van der Waals surface area contributed by atoms with Crippen LogP contribution in [0.2, 0.25) is 0 Å². The Bertz CT molecular complexity index is 808. The molecule has 0 bridgehead atoms. The van der Waals surface area contributed by atoms with Crippen LogP contribution in [0.4, 0.5) is 15.8 Å². The van der Waals surface area contributed by atoms with Crippen LogP contribution < -0.4 is 11.1 Å². The number of carbonyl (C=O) groups excluding carboxylic acids is 1. The molecule has 0 spiro atoms. The van der Waals surface area contributed by atoms with Gasteiger partial charge in [-0.15, -0.1) is 0 Å². The highest BCUT2D eigenvalue weighted by molar-refractivity contribution is 5.80. The van der Waals surface area contributed by atoms with Gasteiger partial charge in [0.15, 0.2) is 0 Å². The van der Waals surface area contributed by atoms with Gasteiger partial charge in [0.05, 0.1) is 17.2 Å². The summed E-state index contributed by atoms with van der Waals surface area (Å²) in [4.78, 5) is 11.4. The average Bonchev–Trinajstić information content (AvgIpc) is 2.56. The number of carbonyl (C=O) groups is 1. The monoisotopic (exact) mass is 372 g/mol. The van der Waals surface area contributed by atoms with Crippen LogP contribution in [0.3, 0.4) is 0 Å². The van der Waals surface area contributed by atoms with Crippen LogP contribution in [0.15, 0.2) is 42.5 Å². The maximum atomic E-state index is 14.5. The molecule has 1 unspecified atom stereocenters. The lowest BCUT2D eigenvalue weighted by Gasteiger charge is -2.27. The number of nitrogens with two attached hydrogens (primary N) is 1. The normalized spacial score (nSPS) is 13.3. The van der Waals surface area contributed by atoms with Crippen LogP contribution in [-0.4, -0.2) is 17.1 Å². The van der Waals surface area contributed by atoms with E-state index in [0.29, 0.717) is 11.3 Å². The highest BCUT2D eigenvalue weighted by atomic mass is 19.1. The Morgan fingerprint density at radius 1 is 1.11 bits per heavy atom. The van der Waals surface area contributed by atoms with Crippen molar-refractivity contribution in [2.75, 3.05) is 5.32 Å². The van der Waals surface area contributed by atoms with Crippen LogP contribution in [0.5, 0.6) is 0 Å². The highest BCUT2D eigenvalue weighted by Gasteiger charge is 2.33. The zero-order valence-electron chi connectivity index (χ0n) is 16.6. The number of aliphatic hydroxyl groups excluding tert-OH is 1. The van der Waals surface area contributed by atoms with Crippen molar-refractivity contribution in [3.05, 3.63) is 59.4 Å². The van der Waals surface area contributed by atoms with E-state index in [0.717, 1.165) is 5.69 Å². The number of hydrogen-bond acceptors (Lipinski definition) is 3. The lowest BCUT2D eigenvalue weighted by Crippen LogP contribution is -2.42. The zero-order chi connectivity index (χ0) is 20.4. The Morgan fingerprint density at radius 2 is 1.70 bits per heavy atom. The number of primary amides is 1. The number of rotatable bonds is 6. The summed E-state index contributed by atoms with van der Waals surface area (Å²) in [6, 6.07) is 12.6. The van der Waals surface area contributed by atoms with Crippen molar-refractivity contribution in [1.29, 1.82) is 0 Å². The quantitative estimate of drug-likeness (QED) is 0.708. The molecule has 0 fully saturated rings. The summed E-state index contributed by atoms with van der Waals surface area (Å²) in [6.07, 6.45) is -0.842. The lowest BCUT2D eigenvalue weighted by molar-refractivity contribution is -0.131. The maximum absolute atomic E-state index is 14.5. The summed E-state index contributed by atoms with van der Waals surface area (Å²) in [5.74, 6) is -1.01. The SMILES string of the molecule is CC(C)(C)c1ccc(Nc2ccc(CC(O)C(C)(C)C(N)=O)cc2F)cc1. The molecule has 1 amide bonds. The van der Waals surface area contributed by atoms with Crippen molar-refractivity contribution < 1.29 is 14.3 Å². The van der Waals surface area contributed by atoms with E-state index in [2.05, 4.69) is 26.1 Å². The molecule has 5 heteroatoms. The molecule has 0 saturated carbocycles. The van der Waals surface area contributed by atoms with Gasteiger partial charge in [0.2, 0.25) is 5.91 Å². The summed E-state index contributed by atoms with van der Waals surface area (Å²) < 4.78 is 14.5. The summed E-state index contributed by atoms with van der Waals surface area (Å²) in [7, 11) is 0. The fraction of sp³-hybridized carbons (Fsp3) is 0.409. The van der Waals surface area contributed by atoms with Gasteiger partial charge in [-0.05, 0) is 61.1 Å². The maximum Gasteiger partial charge on any atom is 0.225 e. The smallest absolute Gasteiger partial charge is 0.225 e. The zero-order valence-corrected chi connectivity index (χ0v) is 16.6. The first-order chi connectivity index (χ1) is 12.4. The van der Waals surface area contributed by atoms with Gasteiger partial charge in [0.1, 0.15) is 5.82 Å². The van der Waals surface area contributed by atoms with E-state index < -0.39 is 23.2 Å². The van der Waals surface area contributed by atoms with E-state index in [1.165, 1.54) is 11.6 Å². The molecule has 2 aromatic carbocycles. The van der Waals surface area contributed by atoms with E-state index in [1.54, 1.807) is 26.0 Å². The van der Waals surface area contributed by atoms with Crippen molar-refractivity contribution >= 4 is 17.3 Å². The Morgan fingerprint density at radius 3 is 2.19 bits per heavy atom. The average molecular weight is 372 g/mol. The van der Waals surface area contributed by atoms with Gasteiger partial charge in [-0.3, -0.25) is 4.79 Å². The predicted octanol–water partition coefficient (Wildman–Crippen LogP) is 4.28. The number of amides is 1. The fourth-order valence-corrected chi connectivity index (χ4v) is 2.64. The van der Waals surface area contributed by atoms with Crippen LogP contribution >= 0.6 is 0 Å². The number of nitrogens with one attached hydrogen (secondary N) is 1. The molecule has 27 heavy (non-hydrogen) atoms. The minimum absolute atomic E-state index is 0.0605. The fourth-order valence-electron chi connectivity index (χ4n) is 2.64. The van der Waals surface area contributed by atoms with Gasteiger partial charge >= 0.3 is 0 Å². The van der Waals surface area contributed by atoms with E-state index in [4.69, 9.17) is 5.73 Å². The van der Waals surface area contributed by atoms with E-state index in [9.17, 15) is 14.3 Å². The summed E-state index contributed by atoms with van der Waals surface area (Å²) >= 11 is 0. The first-order valence-corrected chi connectivity index (χ1v) is 9.05. The summed E-state index contributed by atoms with van der Waals surface area (Å²) in [6.45, 7) is 9.58. The molecule has 1 atom stereocenters. The number of anilines is 2. The number of benzene rings is 2. The van der Waals surface area contributed by atoms with Crippen LogP contribution in [0.1, 0.15) is 45.7 Å². The molecule has 0 aliphatic carbocycles. The summed E-state index contributed by atoms with van der Waals surface area (Å²) in [5, 5.41) is 13.3. The largest absolute Gasteiger partial charge is 0.392 e. The second kappa shape index (κ2) is 7.69. The molecule has 0 aliphatic rings. The molecule has 0 radical (unpaired) electrons. The topological polar surface area (TPSA) is 75.3 Å². The van der Waals surface area contributed by atoms with Crippen LogP contribution in [0, 0.1) is 11.2 Å². The Kier molecular flexibility index (Phi) is 5.95. The van der Waals surface area contributed by atoms with Gasteiger partial charge in [0.25, 0.3) is 0 Å². The number of halogens is 1. The predicted molar refractivity (Wildman–Crippen MR) is 108 cm³/mol. The number of hydrogen-bond donors (Lipinski definition) is 3. The van der Waals surface area contributed by atoms with Gasteiger partial charge in [-0.25, -0.2) is 4.39 Å². The van der Waals surface area contributed by atoms with Crippen LogP contribution in [-0.2, 0) is 16.6 Å². The van der Waals surface area contributed by atoms with E-state index in [1.807, 2.05) is 24.3 Å². The molecule has 4 N–H and O–H groups in total. The molecule has 2 aromatic rings. The molecule has 0 aliphatic heterocycles. The van der Waals surface area contributed by atoms with Crippen molar-refractivity contribution in [2.45, 2.75) is 52.6 Å². The van der Waals surface area contributed by atoms with Crippen molar-refractivity contribution in [3.8, 4) is 0 Å². The lowest BCUT2D eigenvalue weighted by atomic mass is 9.82. The molecule has 0 saturated heterocycles. The van der Waals surface area contributed by atoms with Gasteiger partial charge < -0.3 is 16.2 Å². The first kappa shape index (κ1) is 20.9. The van der Waals surface area contributed by atoms with E-state index in [-0.39, 0.29) is 11.8 Å². The third-order valence-electron chi connectivity index (χ3n) is 4.96. The number of aliphatic hydroxyl groups is 1. The molecule has 0 aromatic heterocycles. The standard InChI is InChI=1S/C22H29FN2O2/c1-21(2,3)15-7-9-16(10-8-15)25-18-11-6-14(12-17(18)23)13-19(26)22(4,5)20(24)27/h6-12,19,25-26H,13H2,1-5H3,(H2,24,27). The third-order valence-corrected chi connectivity index (χ3v) is 4.96. The molecule has 4 nitrogen and oxygen atoms in total.